The van der Waals surface area contributed by atoms with E-state index in [9.17, 15) is 9.18 Å². The number of benzene rings is 2. The Labute approximate surface area is 133 Å². The van der Waals surface area contributed by atoms with Gasteiger partial charge in [-0.15, -0.1) is 0 Å². The van der Waals surface area contributed by atoms with Crippen molar-refractivity contribution in [1.82, 2.24) is 0 Å². The van der Waals surface area contributed by atoms with Crippen molar-refractivity contribution in [2.75, 3.05) is 11.9 Å². The number of halogens is 1. The number of hydrogen-bond donors (Lipinski definition) is 1. The van der Waals surface area contributed by atoms with Crippen LogP contribution in [0.2, 0.25) is 0 Å². The number of amides is 1. The Morgan fingerprint density at radius 2 is 1.87 bits per heavy atom. The topological polar surface area (TPSA) is 62.1 Å². The maximum Gasteiger partial charge on any atom is 0.266 e. The van der Waals surface area contributed by atoms with Crippen molar-refractivity contribution in [3.63, 3.8) is 0 Å². The number of rotatable bonds is 5. The maximum atomic E-state index is 12.9. The van der Waals surface area contributed by atoms with Crippen LogP contribution in [0, 0.1) is 17.1 Å². The van der Waals surface area contributed by atoms with Gasteiger partial charge in [-0.2, -0.15) is 5.26 Å². The van der Waals surface area contributed by atoms with E-state index in [-0.39, 0.29) is 11.4 Å². The zero-order valence-corrected chi connectivity index (χ0v) is 12.5. The average molecular weight is 310 g/mol. The molecule has 0 saturated heterocycles. The summed E-state index contributed by atoms with van der Waals surface area (Å²) in [6.07, 6.45) is 1.41. The molecule has 0 radical (unpaired) electrons. The minimum absolute atomic E-state index is 0.0644. The van der Waals surface area contributed by atoms with Gasteiger partial charge in [0.2, 0.25) is 0 Å². The molecule has 0 fully saturated rings. The van der Waals surface area contributed by atoms with Crippen LogP contribution >= 0.6 is 0 Å². The zero-order chi connectivity index (χ0) is 16.7. The highest BCUT2D eigenvalue weighted by Gasteiger charge is 2.09. The Hall–Kier alpha value is -3.13. The van der Waals surface area contributed by atoms with Gasteiger partial charge in [0.15, 0.2) is 0 Å². The van der Waals surface area contributed by atoms with Gasteiger partial charge in [0, 0.05) is 5.69 Å². The normalized spacial score (nSPS) is 10.7. The predicted octanol–water partition coefficient (Wildman–Crippen LogP) is 3.77. The average Bonchev–Trinajstić information content (AvgIpc) is 2.56. The van der Waals surface area contributed by atoms with E-state index in [2.05, 4.69) is 5.32 Å². The summed E-state index contributed by atoms with van der Waals surface area (Å²) in [7, 11) is 0. The molecule has 0 aromatic heterocycles. The summed E-state index contributed by atoms with van der Waals surface area (Å²) in [6.45, 7) is 2.44. The van der Waals surface area contributed by atoms with Crippen LogP contribution in [-0.4, -0.2) is 12.5 Å². The molecule has 0 saturated carbocycles. The smallest absolute Gasteiger partial charge is 0.266 e. The molecule has 0 atom stereocenters. The largest absolute Gasteiger partial charge is 0.494 e. The highest BCUT2D eigenvalue weighted by Crippen LogP contribution is 2.17. The number of anilines is 1. The summed E-state index contributed by atoms with van der Waals surface area (Å²) in [5.41, 5.74) is 1.06. The monoisotopic (exact) mass is 310 g/mol. The van der Waals surface area contributed by atoms with Gasteiger partial charge in [-0.3, -0.25) is 4.79 Å². The zero-order valence-electron chi connectivity index (χ0n) is 12.5. The molecule has 0 bridgehead atoms. The molecule has 0 heterocycles. The number of carbonyl (C=O) groups excluding carboxylic acids is 1. The SMILES string of the molecule is CCOc1ccc(NC(=O)/C(C#N)=C\c2ccc(F)cc2)cc1. The number of nitrogens with one attached hydrogen (secondary N) is 1. The number of carbonyl (C=O) groups is 1. The van der Waals surface area contributed by atoms with E-state index in [4.69, 9.17) is 10.00 Å². The van der Waals surface area contributed by atoms with E-state index in [1.165, 1.54) is 30.3 Å². The molecule has 1 N–H and O–H groups in total. The van der Waals surface area contributed by atoms with Gasteiger partial charge in [-0.25, -0.2) is 4.39 Å². The lowest BCUT2D eigenvalue weighted by Crippen LogP contribution is -2.13. The van der Waals surface area contributed by atoms with Gasteiger partial charge < -0.3 is 10.1 Å². The van der Waals surface area contributed by atoms with Crippen LogP contribution < -0.4 is 10.1 Å². The van der Waals surface area contributed by atoms with Crippen molar-refractivity contribution in [3.8, 4) is 11.8 Å². The fraction of sp³-hybridized carbons (Fsp3) is 0.111. The van der Waals surface area contributed by atoms with E-state index in [0.29, 0.717) is 23.6 Å². The summed E-state index contributed by atoms with van der Waals surface area (Å²) < 4.78 is 18.2. The molecular weight excluding hydrogens is 295 g/mol. The second-order valence-electron chi connectivity index (χ2n) is 4.63. The van der Waals surface area contributed by atoms with Crippen LogP contribution in [0.3, 0.4) is 0 Å². The summed E-state index contributed by atoms with van der Waals surface area (Å²) >= 11 is 0. The Morgan fingerprint density at radius 1 is 1.22 bits per heavy atom. The molecule has 2 aromatic carbocycles. The first-order chi connectivity index (χ1) is 11.1. The molecule has 1 amide bonds. The fourth-order valence-corrected chi connectivity index (χ4v) is 1.87. The Morgan fingerprint density at radius 3 is 2.43 bits per heavy atom. The molecule has 2 aromatic rings. The van der Waals surface area contributed by atoms with Gasteiger partial charge in [0.1, 0.15) is 23.2 Å². The van der Waals surface area contributed by atoms with Crippen LogP contribution in [0.4, 0.5) is 10.1 Å². The summed E-state index contributed by atoms with van der Waals surface area (Å²) in [5.74, 6) is -0.201. The molecule has 116 valence electrons. The molecule has 0 aliphatic heterocycles. The number of nitrogens with zero attached hydrogens (tertiary/aromatic N) is 1. The molecule has 4 nitrogen and oxygen atoms in total. The van der Waals surface area contributed by atoms with Gasteiger partial charge >= 0.3 is 0 Å². The van der Waals surface area contributed by atoms with Crippen molar-refractivity contribution < 1.29 is 13.9 Å². The van der Waals surface area contributed by atoms with Gasteiger partial charge in [-0.05, 0) is 55.0 Å². The van der Waals surface area contributed by atoms with Crippen molar-refractivity contribution in [2.45, 2.75) is 6.92 Å². The maximum absolute atomic E-state index is 12.9. The molecule has 0 aliphatic carbocycles. The van der Waals surface area contributed by atoms with Crippen molar-refractivity contribution >= 4 is 17.7 Å². The first-order valence-electron chi connectivity index (χ1n) is 7.04. The Balaban J connectivity index is 2.11. The number of hydrogen-bond acceptors (Lipinski definition) is 3. The van der Waals surface area contributed by atoms with E-state index < -0.39 is 5.91 Å². The van der Waals surface area contributed by atoms with E-state index in [0.717, 1.165) is 0 Å². The molecule has 23 heavy (non-hydrogen) atoms. The molecule has 0 aliphatic rings. The van der Waals surface area contributed by atoms with Crippen LogP contribution in [0.25, 0.3) is 6.08 Å². The van der Waals surface area contributed by atoms with Gasteiger partial charge in [0.25, 0.3) is 5.91 Å². The minimum atomic E-state index is -0.527. The number of nitriles is 1. The molecular formula is C18H15FN2O2. The highest BCUT2D eigenvalue weighted by molar-refractivity contribution is 6.09. The first-order valence-corrected chi connectivity index (χ1v) is 7.04. The Kier molecular flexibility index (Phi) is 5.48. The molecule has 2 rings (SSSR count). The van der Waals surface area contributed by atoms with Crippen molar-refractivity contribution in [3.05, 3.63) is 65.5 Å². The van der Waals surface area contributed by atoms with Crippen molar-refractivity contribution in [2.24, 2.45) is 0 Å². The van der Waals surface area contributed by atoms with Crippen molar-refractivity contribution in [1.29, 1.82) is 5.26 Å². The van der Waals surface area contributed by atoms with E-state index >= 15 is 0 Å². The van der Waals surface area contributed by atoms with E-state index in [1.807, 2.05) is 13.0 Å². The van der Waals surface area contributed by atoms with Gasteiger partial charge in [0.05, 0.1) is 6.61 Å². The minimum Gasteiger partial charge on any atom is -0.494 e. The van der Waals surface area contributed by atoms with E-state index in [1.54, 1.807) is 24.3 Å². The standard InChI is InChI=1S/C18H15FN2O2/c1-2-23-17-9-7-16(8-10-17)21-18(22)14(12-20)11-13-3-5-15(19)6-4-13/h3-11H,2H2,1H3,(H,21,22)/b14-11-. The Bertz CT molecular complexity index is 744. The quantitative estimate of drug-likeness (QED) is 0.675. The third kappa shape index (κ3) is 4.68. The third-order valence-electron chi connectivity index (χ3n) is 2.97. The first kappa shape index (κ1) is 16.2. The summed E-state index contributed by atoms with van der Waals surface area (Å²) in [6, 6.07) is 14.2. The van der Waals surface area contributed by atoms with Crippen LogP contribution in [0.1, 0.15) is 12.5 Å². The van der Waals surface area contributed by atoms with Gasteiger partial charge in [-0.1, -0.05) is 12.1 Å². The summed E-state index contributed by atoms with van der Waals surface area (Å²) in [5, 5.41) is 11.8. The lowest BCUT2D eigenvalue weighted by molar-refractivity contribution is -0.112. The lowest BCUT2D eigenvalue weighted by Gasteiger charge is -2.06. The molecule has 5 heteroatoms. The summed E-state index contributed by atoms with van der Waals surface area (Å²) in [4.78, 5) is 12.1. The lowest BCUT2D eigenvalue weighted by atomic mass is 10.1. The van der Waals surface area contributed by atoms with Crippen LogP contribution in [0.15, 0.2) is 54.1 Å². The van der Waals surface area contributed by atoms with Crippen LogP contribution in [-0.2, 0) is 4.79 Å². The second-order valence-corrected chi connectivity index (χ2v) is 4.63. The van der Waals surface area contributed by atoms with Crippen LogP contribution in [0.5, 0.6) is 5.75 Å². The highest BCUT2D eigenvalue weighted by atomic mass is 19.1. The predicted molar refractivity (Wildman–Crippen MR) is 86.2 cm³/mol. The fourth-order valence-electron chi connectivity index (χ4n) is 1.87. The third-order valence-corrected chi connectivity index (χ3v) is 2.97. The molecule has 0 unspecified atom stereocenters. The molecule has 0 spiro atoms. The second kappa shape index (κ2) is 7.76. The number of ether oxygens (including phenoxy) is 1.